The topological polar surface area (TPSA) is 156 Å². The van der Waals surface area contributed by atoms with Gasteiger partial charge < -0.3 is 46.3 Å². The monoisotopic (exact) mass is 585 g/mol. The molecule has 7 rings (SSSR count). The molecule has 2 saturated heterocycles. The number of hydrogen-bond acceptors (Lipinski definition) is 9. The van der Waals surface area contributed by atoms with Crippen LogP contribution in [0.5, 0.6) is 0 Å². The zero-order valence-corrected chi connectivity index (χ0v) is 25.2. The van der Waals surface area contributed by atoms with Gasteiger partial charge in [-0.15, -0.1) is 0 Å². The fraction of sp³-hybridized carbons (Fsp3) is 0.806. The Morgan fingerprint density at radius 3 is 2.67 bits per heavy atom. The Morgan fingerprint density at radius 2 is 1.93 bits per heavy atom. The van der Waals surface area contributed by atoms with E-state index >= 15 is 0 Å². The smallest absolute Gasteiger partial charge is 0.165 e. The summed E-state index contributed by atoms with van der Waals surface area (Å²) in [5, 5.41) is 59.5. The van der Waals surface area contributed by atoms with Crippen LogP contribution in [0.2, 0.25) is 0 Å². The van der Waals surface area contributed by atoms with Gasteiger partial charge in [-0.2, -0.15) is 0 Å². The van der Waals surface area contributed by atoms with Crippen LogP contribution in [0.25, 0.3) is 0 Å². The minimum Gasteiger partial charge on any atom is -0.631 e. The third kappa shape index (κ3) is 4.81. The number of aliphatic hydroxyl groups is 2. The maximum absolute atomic E-state index is 14.1. The van der Waals surface area contributed by atoms with E-state index in [1.165, 1.54) is 24.8 Å². The lowest BCUT2D eigenvalue weighted by Crippen LogP contribution is -3.05. The molecule has 234 valence electrons. The quantitative estimate of drug-likeness (QED) is 0.171. The summed E-state index contributed by atoms with van der Waals surface area (Å²) in [6.45, 7) is 3.90. The lowest BCUT2D eigenvalue weighted by Gasteiger charge is -2.52. The summed E-state index contributed by atoms with van der Waals surface area (Å²) < 4.78 is -0.498. The summed E-state index contributed by atoms with van der Waals surface area (Å²) in [5.41, 5.74) is 9.64. The predicted molar refractivity (Wildman–Crippen MR) is 161 cm³/mol. The highest BCUT2D eigenvalue weighted by Gasteiger charge is 2.57. The predicted octanol–water partition coefficient (Wildman–Crippen LogP) is 0.591. The number of quaternary nitrogens is 2. The third-order valence-electron chi connectivity index (χ3n) is 12.4. The van der Waals surface area contributed by atoms with Gasteiger partial charge in [0, 0.05) is 43.8 Å². The van der Waals surface area contributed by atoms with Gasteiger partial charge in [-0.1, -0.05) is 19.4 Å². The van der Waals surface area contributed by atoms with Crippen LogP contribution in [0.4, 0.5) is 11.4 Å². The third-order valence-corrected chi connectivity index (χ3v) is 12.4. The Balaban J connectivity index is 0.882. The number of anilines is 1. The Kier molecular flexibility index (Phi) is 7.62. The van der Waals surface area contributed by atoms with Crippen molar-refractivity contribution in [1.82, 2.24) is 15.5 Å². The van der Waals surface area contributed by atoms with Crippen molar-refractivity contribution in [2.45, 2.75) is 113 Å². The van der Waals surface area contributed by atoms with Crippen molar-refractivity contribution < 1.29 is 19.9 Å². The SMILES string of the molecule is CN(C[C@H]1C[C@@H]([N+]2([O-])CCC3C(N)NCNC32)[C@H](O)[C@@H]1O)C1CC(CCC2Nc3ccc(C4(C)CCC4)cc3[NH+]2[O-])C1. The molecule has 1 aromatic rings. The minimum atomic E-state index is -1.02. The van der Waals surface area contributed by atoms with Gasteiger partial charge in [0.05, 0.1) is 31.4 Å². The first kappa shape index (κ1) is 29.3. The Bertz CT molecular complexity index is 1150. The van der Waals surface area contributed by atoms with Crippen LogP contribution >= 0.6 is 0 Å². The fourth-order valence-electron chi connectivity index (χ4n) is 9.28. The molecule has 3 aliphatic heterocycles. The van der Waals surface area contributed by atoms with Gasteiger partial charge >= 0.3 is 0 Å². The number of nitrogens with zero attached hydrogens (tertiary/aromatic N) is 2. The number of nitrogens with two attached hydrogens (primary N) is 1. The zero-order chi connectivity index (χ0) is 29.4. The van der Waals surface area contributed by atoms with Crippen LogP contribution in [0.1, 0.15) is 70.3 Å². The van der Waals surface area contributed by atoms with Gasteiger partial charge in [0.25, 0.3) is 0 Å². The molecule has 6 aliphatic rings. The molecular weight excluding hydrogens is 534 g/mol. The number of nitrogens with one attached hydrogen (secondary N) is 4. The van der Waals surface area contributed by atoms with E-state index in [-0.39, 0.29) is 40.8 Å². The number of fused-ring (bicyclic) bond motifs is 2. The van der Waals surface area contributed by atoms with Crippen molar-refractivity contribution in [3.63, 3.8) is 0 Å². The van der Waals surface area contributed by atoms with E-state index in [0.29, 0.717) is 38.1 Å². The number of benzene rings is 1. The molecule has 6 unspecified atom stereocenters. The molecule has 0 radical (unpaired) electrons. The number of likely N-dealkylation sites (tertiary alicyclic amines) is 1. The summed E-state index contributed by atoms with van der Waals surface area (Å²) >= 11 is 0. The summed E-state index contributed by atoms with van der Waals surface area (Å²) in [7, 11) is 2.10. The average molecular weight is 586 g/mol. The Morgan fingerprint density at radius 1 is 1.14 bits per heavy atom. The number of hydrogen-bond donors (Lipinski definition) is 7. The summed E-state index contributed by atoms with van der Waals surface area (Å²) in [5.74, 6) is 0.504. The first-order chi connectivity index (χ1) is 20.1. The second-order valence-electron chi connectivity index (χ2n) is 14.9. The molecule has 0 amide bonds. The van der Waals surface area contributed by atoms with Crippen molar-refractivity contribution >= 4 is 11.4 Å². The van der Waals surface area contributed by atoms with Gasteiger partial charge in [0.2, 0.25) is 0 Å². The molecular formula is C31H51N7O4. The number of aliphatic hydroxyl groups excluding tert-OH is 2. The Labute approximate surface area is 249 Å². The Hall–Kier alpha value is -1.38. The highest BCUT2D eigenvalue weighted by molar-refractivity contribution is 5.66. The van der Waals surface area contributed by atoms with E-state index < -0.39 is 22.9 Å². The molecule has 3 aliphatic carbocycles. The van der Waals surface area contributed by atoms with E-state index in [4.69, 9.17) is 5.73 Å². The molecule has 8 N–H and O–H groups in total. The van der Waals surface area contributed by atoms with Crippen molar-refractivity contribution in [2.24, 2.45) is 23.5 Å². The van der Waals surface area contributed by atoms with Gasteiger partial charge in [0.1, 0.15) is 24.0 Å². The molecule has 0 bridgehead atoms. The molecule has 0 spiro atoms. The molecule has 11 heteroatoms. The number of rotatable bonds is 8. The van der Waals surface area contributed by atoms with Gasteiger partial charge in [-0.3, -0.25) is 10.6 Å². The standard InChI is InChI=1S/C31H51N7O4/c1-31(9-3-10-31)20-5-6-23-24(15-20)37(41)26(35-23)7-4-18-12-21(13-18)36(2)16-19-14-25(28(40)27(19)39)38(42)11-8-22-29(32)33-17-34-30(22)38/h5-6,15,18-19,21-22,25-30,33-35,37,39-40H,3-4,7-14,16-17,32H2,1-2H3/t18?,19-,21?,22?,25-,26?,27-,28+,29?,30?,38?/m1/s1. The van der Waals surface area contributed by atoms with Crippen LogP contribution in [0, 0.1) is 28.2 Å². The van der Waals surface area contributed by atoms with Crippen molar-refractivity contribution in [1.29, 1.82) is 0 Å². The second kappa shape index (κ2) is 10.9. The van der Waals surface area contributed by atoms with Gasteiger partial charge in [-0.05, 0) is 62.1 Å². The molecule has 42 heavy (non-hydrogen) atoms. The molecule has 3 saturated carbocycles. The molecule has 0 aromatic heterocycles. The van der Waals surface area contributed by atoms with Gasteiger partial charge in [0.15, 0.2) is 11.9 Å². The van der Waals surface area contributed by atoms with Crippen LogP contribution in [0.3, 0.4) is 0 Å². The van der Waals surface area contributed by atoms with E-state index in [2.05, 4.69) is 53.0 Å². The van der Waals surface area contributed by atoms with Crippen molar-refractivity contribution in [3.8, 4) is 0 Å². The van der Waals surface area contributed by atoms with E-state index in [1.54, 1.807) is 0 Å². The number of hydroxylamine groups is 4. The highest BCUT2D eigenvalue weighted by Crippen LogP contribution is 2.46. The summed E-state index contributed by atoms with van der Waals surface area (Å²) in [4.78, 5) is 2.32. The fourth-order valence-corrected chi connectivity index (χ4v) is 9.28. The van der Waals surface area contributed by atoms with Crippen LogP contribution < -0.4 is 26.7 Å². The van der Waals surface area contributed by atoms with E-state index in [9.17, 15) is 20.6 Å². The summed E-state index contributed by atoms with van der Waals surface area (Å²) in [6, 6.07) is 6.36. The summed E-state index contributed by atoms with van der Waals surface area (Å²) in [6.07, 6.45) is 6.41. The lowest BCUT2D eigenvalue weighted by molar-refractivity contribution is -0.925. The maximum Gasteiger partial charge on any atom is 0.165 e. The van der Waals surface area contributed by atoms with E-state index in [1.807, 2.05) is 0 Å². The average Bonchev–Trinajstić information content (AvgIpc) is 3.54. The lowest BCUT2D eigenvalue weighted by atomic mass is 9.66. The first-order valence-corrected chi connectivity index (χ1v) is 16.4. The minimum absolute atomic E-state index is 0.0337. The van der Waals surface area contributed by atoms with Crippen LogP contribution in [-0.2, 0) is 5.41 Å². The molecule has 3 heterocycles. The molecule has 1 aromatic carbocycles. The normalized spacial score (nSPS) is 45.7. The second-order valence-corrected chi connectivity index (χ2v) is 14.9. The molecule has 5 fully saturated rings. The maximum atomic E-state index is 14.1. The largest absolute Gasteiger partial charge is 0.631 e. The first-order valence-electron chi connectivity index (χ1n) is 16.4. The zero-order valence-electron chi connectivity index (χ0n) is 25.2. The molecule has 11 nitrogen and oxygen atoms in total. The van der Waals surface area contributed by atoms with Crippen LogP contribution in [-0.4, -0.2) is 89.4 Å². The molecule has 10 atom stereocenters. The van der Waals surface area contributed by atoms with Crippen LogP contribution in [0.15, 0.2) is 18.2 Å². The van der Waals surface area contributed by atoms with Crippen molar-refractivity contribution in [2.75, 3.05) is 32.1 Å². The van der Waals surface area contributed by atoms with Crippen molar-refractivity contribution in [3.05, 3.63) is 34.2 Å². The highest BCUT2D eigenvalue weighted by atomic mass is 16.6. The van der Waals surface area contributed by atoms with E-state index in [0.717, 1.165) is 43.5 Å². The van der Waals surface area contributed by atoms with Gasteiger partial charge in [-0.25, -0.2) is 0 Å².